The topological polar surface area (TPSA) is 194 Å². The summed E-state index contributed by atoms with van der Waals surface area (Å²) in [6.45, 7) is 13.2. The normalized spacial score (nSPS) is 44.9. The maximum atomic E-state index is 14.2. The molecule has 3 aliphatic carbocycles. The van der Waals surface area contributed by atoms with Gasteiger partial charge in [-0.2, -0.15) is 0 Å². The van der Waals surface area contributed by atoms with Gasteiger partial charge in [0.1, 0.15) is 42.2 Å². The third-order valence-corrected chi connectivity index (χ3v) is 12.6. The van der Waals surface area contributed by atoms with Crippen LogP contribution in [-0.4, -0.2) is 116 Å². The van der Waals surface area contributed by atoms with E-state index in [1.54, 1.807) is 26.0 Å². The van der Waals surface area contributed by atoms with Crippen molar-refractivity contribution < 1.29 is 63.2 Å². The van der Waals surface area contributed by atoms with Crippen LogP contribution in [0.4, 0.5) is 0 Å². The van der Waals surface area contributed by atoms with Crippen LogP contribution in [0, 0.1) is 29.6 Å². The van der Waals surface area contributed by atoms with Crippen LogP contribution in [-0.2, 0) is 42.8 Å². The molecule has 13 heteroatoms. The highest BCUT2D eigenvalue weighted by Gasteiger charge is 2.89. The summed E-state index contributed by atoms with van der Waals surface area (Å²) in [4.78, 5) is 41.3. The Morgan fingerprint density at radius 3 is 2.30 bits per heavy atom. The number of allylic oxidation sites excluding steroid dienone is 3. The molecule has 54 heavy (non-hydrogen) atoms. The number of unbranched alkanes of at least 4 members (excludes halogenated alkanes) is 3. The van der Waals surface area contributed by atoms with E-state index >= 15 is 0 Å². The smallest absolute Gasteiger partial charge is 0.306 e. The monoisotopic (exact) mass is 760 g/mol. The van der Waals surface area contributed by atoms with Crippen LogP contribution < -0.4 is 0 Å². The number of hydrogen-bond donors (Lipinski definition) is 4. The van der Waals surface area contributed by atoms with Gasteiger partial charge in [0.2, 0.25) is 0 Å². The molecule has 13 atom stereocenters. The first-order valence-electron chi connectivity index (χ1n) is 19.7. The molecule has 5 fully saturated rings. The van der Waals surface area contributed by atoms with E-state index in [-0.39, 0.29) is 36.9 Å². The van der Waals surface area contributed by atoms with Crippen LogP contribution in [0.25, 0.3) is 0 Å². The van der Waals surface area contributed by atoms with E-state index in [1.165, 1.54) is 13.0 Å². The lowest BCUT2D eigenvalue weighted by atomic mass is 9.51. The standard InChI is InChI=1S/C41H60O13/c1-9-10-11-12-13-14-15-16-37(8)52-34-30-33-38(21-42,53-33)35(46)39(47)27(19-25(6)31(39)45)40(30,54-37)26(20-49-28(43)17-23(2)3)32(51-29(44)18-24(4)5)41(34,48)36(7)22-50-36/h13-16,19,23-24,26-27,30,32-35,42,46-48H,9-12,17-18,20-22H2,1-8H3. The predicted molar refractivity (Wildman–Crippen MR) is 193 cm³/mol. The zero-order valence-corrected chi connectivity index (χ0v) is 32.9. The summed E-state index contributed by atoms with van der Waals surface area (Å²) < 4.78 is 38.6. The Kier molecular flexibility index (Phi) is 11.0. The molecule has 0 aromatic rings. The fraction of sp³-hybridized carbons (Fsp3) is 0.780. The van der Waals surface area contributed by atoms with Crippen LogP contribution >= 0.6 is 0 Å². The zero-order chi connectivity index (χ0) is 39.6. The van der Waals surface area contributed by atoms with Gasteiger partial charge in [0.05, 0.1) is 24.7 Å². The van der Waals surface area contributed by atoms with Crippen molar-refractivity contribution >= 4 is 17.7 Å². The summed E-state index contributed by atoms with van der Waals surface area (Å²) in [5, 5.41) is 49.1. The summed E-state index contributed by atoms with van der Waals surface area (Å²) in [6, 6.07) is 0. The van der Waals surface area contributed by atoms with Gasteiger partial charge in [-0.15, -0.1) is 0 Å². The third-order valence-electron chi connectivity index (χ3n) is 12.6. The van der Waals surface area contributed by atoms with Crippen LogP contribution in [0.3, 0.4) is 0 Å². The van der Waals surface area contributed by atoms with Crippen molar-refractivity contribution in [3.63, 3.8) is 0 Å². The molecule has 0 spiro atoms. The van der Waals surface area contributed by atoms with Crippen molar-refractivity contribution in [3.05, 3.63) is 36.0 Å². The van der Waals surface area contributed by atoms with Crippen LogP contribution in [0.2, 0.25) is 0 Å². The highest BCUT2D eigenvalue weighted by atomic mass is 16.7. The minimum absolute atomic E-state index is 0.0131. The fourth-order valence-corrected chi connectivity index (χ4v) is 9.78. The van der Waals surface area contributed by atoms with Gasteiger partial charge in [-0.1, -0.05) is 71.8 Å². The molecular formula is C41H60O13. The van der Waals surface area contributed by atoms with E-state index < -0.39 is 107 Å². The summed E-state index contributed by atoms with van der Waals surface area (Å²) in [6.07, 6.45) is 6.96. The van der Waals surface area contributed by atoms with E-state index in [1.807, 2.05) is 39.8 Å². The Morgan fingerprint density at radius 2 is 1.69 bits per heavy atom. The first kappa shape index (κ1) is 41.2. The Morgan fingerprint density at radius 1 is 1.02 bits per heavy atom. The number of esters is 2. The molecule has 0 aromatic heterocycles. The van der Waals surface area contributed by atoms with E-state index in [0.29, 0.717) is 0 Å². The Bertz CT molecular complexity index is 1560. The quantitative estimate of drug-likeness (QED) is 0.0824. The Labute approximate surface area is 318 Å². The maximum Gasteiger partial charge on any atom is 0.306 e. The SMILES string of the molecule is CCCCCC=CC=CC1(C)OC2C3C4OC4(CO)C(O)C4(O)C(=O)C(C)=CC4C3(O1)C(COC(=O)CC(C)C)C(OC(=O)CC(C)C)C2(O)C1(C)CO1. The van der Waals surface area contributed by atoms with Gasteiger partial charge < -0.3 is 48.8 Å². The van der Waals surface area contributed by atoms with Gasteiger partial charge in [-0.05, 0) is 57.1 Å². The van der Waals surface area contributed by atoms with Gasteiger partial charge >= 0.3 is 11.9 Å². The Hall–Kier alpha value is -2.49. The maximum absolute atomic E-state index is 14.2. The average Bonchev–Trinajstić information content (AvgIpc) is 4.01. The Balaban J connectivity index is 1.60. The molecule has 3 saturated heterocycles. The minimum atomic E-state index is -2.61. The highest BCUT2D eigenvalue weighted by Crippen LogP contribution is 2.71. The number of aliphatic hydroxyl groups excluding tert-OH is 2. The molecular weight excluding hydrogens is 700 g/mol. The summed E-state index contributed by atoms with van der Waals surface area (Å²) in [5.41, 5.74) is -9.75. The molecule has 6 rings (SSSR count). The van der Waals surface area contributed by atoms with E-state index in [2.05, 4.69) is 6.92 Å². The van der Waals surface area contributed by atoms with Crippen LogP contribution in [0.1, 0.15) is 93.9 Å². The number of hydrogen-bond acceptors (Lipinski definition) is 13. The second-order valence-electron chi connectivity index (χ2n) is 17.6. The number of epoxide rings is 2. The molecule has 3 heterocycles. The lowest BCUT2D eigenvalue weighted by Crippen LogP contribution is -2.84. The van der Waals surface area contributed by atoms with Crippen molar-refractivity contribution in [2.45, 2.75) is 152 Å². The first-order valence-corrected chi connectivity index (χ1v) is 19.7. The number of fused-ring (bicyclic) bond motifs is 2. The molecule has 2 bridgehead atoms. The van der Waals surface area contributed by atoms with Crippen molar-refractivity contribution in [2.24, 2.45) is 29.6 Å². The minimum Gasteiger partial charge on any atom is -0.465 e. The highest BCUT2D eigenvalue weighted by molar-refractivity contribution is 6.05. The number of ketones is 1. The molecule has 0 amide bonds. The van der Waals surface area contributed by atoms with E-state index in [9.17, 15) is 34.8 Å². The van der Waals surface area contributed by atoms with E-state index in [0.717, 1.165) is 25.7 Å². The van der Waals surface area contributed by atoms with Gasteiger partial charge in [0.25, 0.3) is 0 Å². The van der Waals surface area contributed by atoms with Gasteiger partial charge in [-0.3, -0.25) is 14.4 Å². The molecule has 4 N–H and O–H groups in total. The summed E-state index contributed by atoms with van der Waals surface area (Å²) in [7, 11) is 0. The lowest BCUT2D eigenvalue weighted by molar-refractivity contribution is -0.438. The van der Waals surface area contributed by atoms with Crippen molar-refractivity contribution in [1.29, 1.82) is 0 Å². The number of carbonyl (C=O) groups excluding carboxylic acids is 3. The largest absolute Gasteiger partial charge is 0.465 e. The second-order valence-corrected chi connectivity index (χ2v) is 17.6. The van der Waals surface area contributed by atoms with Gasteiger partial charge in [-0.25, -0.2) is 0 Å². The summed E-state index contributed by atoms with van der Waals surface area (Å²) >= 11 is 0. The predicted octanol–water partition coefficient (Wildman–Crippen LogP) is 3.24. The average molecular weight is 761 g/mol. The molecule has 0 aromatic carbocycles. The summed E-state index contributed by atoms with van der Waals surface area (Å²) in [5.74, 6) is -7.66. The zero-order valence-electron chi connectivity index (χ0n) is 32.9. The molecule has 302 valence electrons. The second kappa shape index (κ2) is 14.5. The van der Waals surface area contributed by atoms with Gasteiger partial charge in [0, 0.05) is 24.7 Å². The van der Waals surface area contributed by atoms with Crippen molar-refractivity contribution in [3.8, 4) is 0 Å². The number of aliphatic hydroxyl groups is 4. The molecule has 3 aliphatic heterocycles. The molecule has 13 nitrogen and oxygen atoms in total. The van der Waals surface area contributed by atoms with Crippen LogP contribution in [0.15, 0.2) is 36.0 Å². The molecule has 0 radical (unpaired) electrons. The number of rotatable bonds is 15. The molecule has 13 unspecified atom stereocenters. The van der Waals surface area contributed by atoms with E-state index in [4.69, 9.17) is 28.4 Å². The number of ether oxygens (including phenoxy) is 6. The van der Waals surface area contributed by atoms with Crippen molar-refractivity contribution in [1.82, 2.24) is 0 Å². The lowest BCUT2D eigenvalue weighted by Gasteiger charge is -2.67. The third kappa shape index (κ3) is 6.34. The molecule has 2 saturated carbocycles. The fourth-order valence-electron chi connectivity index (χ4n) is 9.78. The molecule has 6 aliphatic rings. The number of Topliss-reactive ketones (excluding diaryl/α,β-unsaturated/α-hetero) is 1. The first-order chi connectivity index (χ1) is 25.3. The number of carbonyl (C=O) groups is 3. The van der Waals surface area contributed by atoms with Crippen molar-refractivity contribution in [2.75, 3.05) is 19.8 Å². The van der Waals surface area contributed by atoms with Gasteiger partial charge in [0.15, 0.2) is 22.8 Å². The van der Waals surface area contributed by atoms with Crippen LogP contribution in [0.5, 0.6) is 0 Å².